The monoisotopic (exact) mass is 892 g/mol. The maximum Gasteiger partial charge on any atom is 0.293 e. The predicted octanol–water partition coefficient (Wildman–Crippen LogP) is 10.5. The summed E-state index contributed by atoms with van der Waals surface area (Å²) < 4.78 is 65.9. The molecule has 1 atom stereocenters. The number of fused-ring (bicyclic) bond motifs is 1. The zero-order valence-corrected chi connectivity index (χ0v) is 35.2. The van der Waals surface area contributed by atoms with Crippen molar-refractivity contribution in [2.24, 2.45) is 5.92 Å². The summed E-state index contributed by atoms with van der Waals surface area (Å²) in [6, 6.07) is 26.1. The van der Waals surface area contributed by atoms with E-state index in [0.717, 1.165) is 48.3 Å². The highest BCUT2D eigenvalue weighted by Crippen LogP contribution is 2.49. The Kier molecular flexibility index (Phi) is 12.0. The van der Waals surface area contributed by atoms with E-state index in [2.05, 4.69) is 20.0 Å². The summed E-state index contributed by atoms with van der Waals surface area (Å²) in [5.74, 6) is -3.09. The zero-order valence-electron chi connectivity index (χ0n) is 34.4. The molecular weight excluding hydrogens is 843 g/mol. The Labute approximate surface area is 370 Å². The van der Waals surface area contributed by atoms with Gasteiger partial charge >= 0.3 is 0 Å². The number of carbonyl (C=O) groups excluding carboxylic acids is 1. The Morgan fingerprint density at radius 1 is 0.969 bits per heavy atom. The van der Waals surface area contributed by atoms with Crippen molar-refractivity contribution >= 4 is 44.0 Å². The highest BCUT2D eigenvalue weighted by Gasteiger charge is 2.47. The van der Waals surface area contributed by atoms with Gasteiger partial charge in [0.2, 0.25) is 0 Å². The molecule has 4 N–H and O–H groups in total. The first-order valence-electron chi connectivity index (χ1n) is 21.0. The molecule has 4 aromatic carbocycles. The number of aromatic nitrogens is 2. The molecule has 1 amide bonds. The predicted molar refractivity (Wildman–Crippen MR) is 242 cm³/mol. The number of hydrogen-bond acceptors (Lipinski definition) is 10. The molecule has 3 fully saturated rings. The van der Waals surface area contributed by atoms with E-state index in [0.29, 0.717) is 47.8 Å². The molecule has 9 rings (SSSR count). The second-order valence-electron chi connectivity index (χ2n) is 17.2. The Balaban J connectivity index is 0.00000560. The number of sulfonamides is 1. The summed E-state index contributed by atoms with van der Waals surface area (Å²) in [4.78, 5) is 34.0. The lowest BCUT2D eigenvalue weighted by atomic mass is 9.80. The minimum atomic E-state index is -4.64. The van der Waals surface area contributed by atoms with Gasteiger partial charge in [-0.05, 0) is 128 Å². The number of nitrogens with one attached hydrogen (secondary N) is 3. The first-order chi connectivity index (χ1) is 30.1. The van der Waals surface area contributed by atoms with Gasteiger partial charge in [-0.25, -0.2) is 26.9 Å². The van der Waals surface area contributed by atoms with Crippen molar-refractivity contribution in [2.75, 3.05) is 23.3 Å². The number of alkyl halides is 2. The first-order valence-corrected chi connectivity index (χ1v) is 22.5. The highest BCUT2D eigenvalue weighted by molar-refractivity contribution is 7.90. The van der Waals surface area contributed by atoms with Crippen LogP contribution in [-0.2, 0) is 10.0 Å². The number of nitrogens with zero attached hydrogens (tertiary/aromatic N) is 3. The topological polar surface area (TPSA) is 180 Å². The molecule has 2 aromatic heterocycles. The number of benzene rings is 4. The molecular formula is C48H50F2N6O7S. The maximum absolute atomic E-state index is 15.1. The van der Waals surface area contributed by atoms with E-state index >= 15 is 8.78 Å². The number of nitro groups is 1. The lowest BCUT2D eigenvalue weighted by molar-refractivity contribution is -0.384. The van der Waals surface area contributed by atoms with Crippen molar-refractivity contribution in [1.29, 1.82) is 0 Å². The maximum atomic E-state index is 15.1. The fourth-order valence-corrected chi connectivity index (χ4v) is 9.83. The van der Waals surface area contributed by atoms with Crippen LogP contribution in [0.4, 0.5) is 25.8 Å². The molecule has 334 valence electrons. The van der Waals surface area contributed by atoms with Crippen LogP contribution >= 0.6 is 0 Å². The summed E-state index contributed by atoms with van der Waals surface area (Å²) in [5.41, 5.74) is 3.35. The normalized spacial score (nSPS) is 20.7. The van der Waals surface area contributed by atoms with Crippen molar-refractivity contribution in [3.8, 4) is 22.6 Å². The van der Waals surface area contributed by atoms with Gasteiger partial charge < -0.3 is 25.0 Å². The van der Waals surface area contributed by atoms with E-state index in [1.54, 1.807) is 66.6 Å². The Bertz CT molecular complexity index is 2820. The van der Waals surface area contributed by atoms with Gasteiger partial charge in [0.05, 0.1) is 39.8 Å². The number of ether oxygens (including phenoxy) is 1. The second kappa shape index (κ2) is 17.3. The van der Waals surface area contributed by atoms with Gasteiger partial charge in [-0.1, -0.05) is 49.9 Å². The van der Waals surface area contributed by atoms with E-state index in [-0.39, 0.29) is 42.5 Å². The minimum Gasteiger partial charge on any atom is -0.455 e. The lowest BCUT2D eigenvalue weighted by Gasteiger charge is -2.33. The van der Waals surface area contributed by atoms with Crippen LogP contribution in [-0.4, -0.2) is 58.9 Å². The Morgan fingerprint density at radius 2 is 1.69 bits per heavy atom. The number of pyridine rings is 1. The summed E-state index contributed by atoms with van der Waals surface area (Å²) >= 11 is 0. The average Bonchev–Trinajstić information content (AvgIpc) is 3.91. The third-order valence-corrected chi connectivity index (χ3v) is 13.8. The second-order valence-corrected chi connectivity index (χ2v) is 18.9. The van der Waals surface area contributed by atoms with Crippen molar-refractivity contribution in [2.45, 2.75) is 87.7 Å². The van der Waals surface area contributed by atoms with Crippen molar-refractivity contribution in [3.63, 3.8) is 0 Å². The molecule has 2 aliphatic carbocycles. The van der Waals surface area contributed by atoms with Crippen LogP contribution in [0.5, 0.6) is 11.5 Å². The number of nitro benzene ring substituents is 1. The molecule has 0 spiro atoms. The van der Waals surface area contributed by atoms with E-state index in [9.17, 15) is 28.4 Å². The third-order valence-electron chi connectivity index (χ3n) is 12.5. The van der Waals surface area contributed by atoms with Gasteiger partial charge in [-0.2, -0.15) is 0 Å². The third kappa shape index (κ3) is 9.43. The molecule has 1 unspecified atom stereocenters. The molecule has 16 heteroatoms. The zero-order chi connectivity index (χ0) is 44.1. The first kappa shape index (κ1) is 44.2. The highest BCUT2D eigenvalue weighted by atomic mass is 32.2. The van der Waals surface area contributed by atoms with Crippen molar-refractivity contribution < 1.29 is 36.8 Å². The van der Waals surface area contributed by atoms with Gasteiger partial charge in [-0.3, -0.25) is 14.9 Å². The van der Waals surface area contributed by atoms with Crippen LogP contribution in [0.25, 0.3) is 22.2 Å². The van der Waals surface area contributed by atoms with Crippen LogP contribution in [0, 0.1) is 16.0 Å². The number of carbonyl (C=O) groups is 1. The SMILES string of the molecule is C.CC1(O)CCC(CNc2ccc(S(=O)(=O)NC(=O)c3ccc(-c4ccc(N5CC(F)(F)CC5c5ccccc5C5CC5)cc4)cc3Oc3cnc4[nH]ccc4c3)cc2[N+](=O)[O-])CC1. The number of hydrogen-bond donors (Lipinski definition) is 4. The van der Waals surface area contributed by atoms with Crippen LogP contribution < -0.4 is 19.7 Å². The number of halogens is 2. The smallest absolute Gasteiger partial charge is 0.293 e. The Morgan fingerprint density at radius 3 is 2.41 bits per heavy atom. The molecule has 13 nitrogen and oxygen atoms in total. The van der Waals surface area contributed by atoms with E-state index in [4.69, 9.17) is 4.74 Å². The number of amides is 1. The van der Waals surface area contributed by atoms with Crippen molar-refractivity contribution in [1.82, 2.24) is 14.7 Å². The molecule has 1 saturated heterocycles. The van der Waals surface area contributed by atoms with E-state index < -0.39 is 55.5 Å². The van der Waals surface area contributed by atoms with Gasteiger partial charge in [0.15, 0.2) is 0 Å². The van der Waals surface area contributed by atoms with Crippen LogP contribution in [0.2, 0.25) is 0 Å². The number of anilines is 2. The summed E-state index contributed by atoms with van der Waals surface area (Å²) in [7, 11) is -4.64. The molecule has 1 aliphatic heterocycles. The van der Waals surface area contributed by atoms with Gasteiger partial charge in [0.25, 0.3) is 27.5 Å². The van der Waals surface area contributed by atoms with Crippen LogP contribution in [0.3, 0.4) is 0 Å². The van der Waals surface area contributed by atoms with Gasteiger partial charge in [0, 0.05) is 36.3 Å². The van der Waals surface area contributed by atoms with E-state index in [1.807, 2.05) is 24.3 Å². The number of H-pyrrole nitrogens is 1. The fourth-order valence-electron chi connectivity index (χ4n) is 8.84. The fraction of sp³-hybridized carbons (Fsp3) is 0.333. The minimum absolute atomic E-state index is 0. The lowest BCUT2D eigenvalue weighted by Crippen LogP contribution is -2.32. The molecule has 0 bridgehead atoms. The Hall–Kier alpha value is -6.39. The molecule has 3 aliphatic rings. The summed E-state index contributed by atoms with van der Waals surface area (Å²) in [6.45, 7) is 1.78. The molecule has 2 saturated carbocycles. The number of aromatic amines is 1. The molecule has 64 heavy (non-hydrogen) atoms. The summed E-state index contributed by atoms with van der Waals surface area (Å²) in [6.07, 6.45) is 7.69. The number of rotatable bonds is 13. The van der Waals surface area contributed by atoms with Crippen molar-refractivity contribution in [3.05, 3.63) is 136 Å². The molecule has 3 heterocycles. The summed E-state index contributed by atoms with van der Waals surface area (Å²) in [5, 5.41) is 26.2. The standard InChI is InChI=1S/C47H46F2N6O7S.CH4/c1-46(57)19-16-29(17-20-46)26-51-40-15-13-36(24-41(40)55(58)59)63(60,61)53-45(56)39-14-10-32(23-43(39)62-35-22-33-18-21-50-44(33)52-27-35)30-8-11-34(12-9-30)54-28-47(48,49)25-42(54)38-5-3-2-4-37(38)31-6-7-31;/h2-5,8-15,18,21-24,27,29,31,42,51,57H,6-7,16-17,19-20,25-26,28H2,1H3,(H,50,52)(H,53,56);1H4. The van der Waals surface area contributed by atoms with Gasteiger partial charge in [0.1, 0.15) is 22.8 Å². The van der Waals surface area contributed by atoms with Crippen LogP contribution in [0.15, 0.2) is 114 Å². The average molecular weight is 893 g/mol. The largest absolute Gasteiger partial charge is 0.455 e. The van der Waals surface area contributed by atoms with Gasteiger partial charge in [-0.15, -0.1) is 0 Å². The van der Waals surface area contributed by atoms with E-state index in [1.165, 1.54) is 24.4 Å². The number of aliphatic hydroxyl groups is 1. The molecule has 0 radical (unpaired) electrons. The quantitative estimate of drug-likeness (QED) is 0.0644. The van der Waals surface area contributed by atoms with Crippen LogP contribution in [0.1, 0.15) is 92.7 Å². The molecule has 6 aromatic rings.